The Kier molecular flexibility index (Phi) is 4.47. The zero-order valence-corrected chi connectivity index (χ0v) is 16.5. The number of para-hydroxylation sites is 1. The molecule has 2 aromatic carbocycles. The van der Waals surface area contributed by atoms with Gasteiger partial charge in [0.25, 0.3) is 5.56 Å². The summed E-state index contributed by atoms with van der Waals surface area (Å²) in [6, 6.07) is 19.6. The molecule has 1 fully saturated rings. The van der Waals surface area contributed by atoms with E-state index in [9.17, 15) is 9.59 Å². The maximum Gasteiger partial charge on any atom is 0.252 e. The molecule has 1 atom stereocenters. The van der Waals surface area contributed by atoms with E-state index in [1.165, 1.54) is 12.4 Å². The van der Waals surface area contributed by atoms with Gasteiger partial charge in [-0.25, -0.2) is 4.98 Å². The standard InChI is InChI=1S/C24H22N4O2/c29-22-15-21(25-17-26-22)27-14-12-24(16-27)19-10-4-5-11-20(19)28(23(24)30)13-6-9-18-7-2-1-3-8-18/h1-11,15,17H,12-14,16H2,(H,25,26,29). The topological polar surface area (TPSA) is 69.3 Å². The number of carbonyl (C=O) groups is 1. The van der Waals surface area contributed by atoms with Crippen LogP contribution in [0.4, 0.5) is 11.5 Å². The zero-order chi connectivity index (χ0) is 20.6. The molecule has 150 valence electrons. The normalized spacial score (nSPS) is 20.5. The van der Waals surface area contributed by atoms with Crippen LogP contribution in [0.25, 0.3) is 6.08 Å². The Balaban J connectivity index is 1.44. The van der Waals surface area contributed by atoms with Crippen molar-refractivity contribution in [2.75, 3.05) is 29.4 Å². The van der Waals surface area contributed by atoms with E-state index in [2.05, 4.69) is 16.0 Å². The van der Waals surface area contributed by atoms with Crippen LogP contribution >= 0.6 is 0 Å². The molecule has 2 aliphatic rings. The lowest BCUT2D eigenvalue weighted by Gasteiger charge is -2.24. The Morgan fingerprint density at radius 3 is 2.70 bits per heavy atom. The molecule has 30 heavy (non-hydrogen) atoms. The molecular formula is C24H22N4O2. The summed E-state index contributed by atoms with van der Waals surface area (Å²) in [4.78, 5) is 36.1. The van der Waals surface area contributed by atoms with Crippen LogP contribution in [-0.4, -0.2) is 35.5 Å². The number of nitrogens with one attached hydrogen (secondary N) is 1. The number of hydrogen-bond acceptors (Lipinski definition) is 4. The van der Waals surface area contributed by atoms with Crippen molar-refractivity contribution < 1.29 is 4.79 Å². The van der Waals surface area contributed by atoms with Crippen LogP contribution in [0.3, 0.4) is 0 Å². The summed E-state index contributed by atoms with van der Waals surface area (Å²) in [5, 5.41) is 0. The fourth-order valence-corrected chi connectivity index (χ4v) is 4.57. The number of rotatable bonds is 4. The van der Waals surface area contributed by atoms with Crippen LogP contribution in [0.2, 0.25) is 0 Å². The average Bonchev–Trinajstić information content (AvgIpc) is 3.32. The summed E-state index contributed by atoms with van der Waals surface area (Å²) < 4.78 is 0. The predicted molar refractivity (Wildman–Crippen MR) is 118 cm³/mol. The van der Waals surface area contributed by atoms with Gasteiger partial charge in [-0.3, -0.25) is 9.59 Å². The number of amides is 1. The highest BCUT2D eigenvalue weighted by atomic mass is 16.2. The van der Waals surface area contributed by atoms with Gasteiger partial charge in [0.05, 0.1) is 11.7 Å². The minimum absolute atomic E-state index is 0.119. The maximum absolute atomic E-state index is 13.6. The first kappa shape index (κ1) is 18.4. The Hall–Kier alpha value is -3.67. The fourth-order valence-electron chi connectivity index (χ4n) is 4.57. The average molecular weight is 398 g/mol. The quantitative estimate of drug-likeness (QED) is 0.734. The first-order valence-corrected chi connectivity index (χ1v) is 10.1. The molecule has 1 amide bonds. The first-order chi connectivity index (χ1) is 14.7. The van der Waals surface area contributed by atoms with Gasteiger partial charge in [-0.15, -0.1) is 0 Å². The van der Waals surface area contributed by atoms with Crippen molar-refractivity contribution in [3.8, 4) is 0 Å². The number of hydrogen-bond donors (Lipinski definition) is 1. The zero-order valence-electron chi connectivity index (χ0n) is 16.5. The Morgan fingerprint density at radius 2 is 1.87 bits per heavy atom. The predicted octanol–water partition coefficient (Wildman–Crippen LogP) is 2.98. The summed E-state index contributed by atoms with van der Waals surface area (Å²) in [5.74, 6) is 0.733. The molecule has 5 rings (SSSR count). The van der Waals surface area contributed by atoms with Gasteiger partial charge >= 0.3 is 0 Å². The van der Waals surface area contributed by atoms with Crippen LogP contribution < -0.4 is 15.4 Å². The second kappa shape index (κ2) is 7.30. The van der Waals surface area contributed by atoms with Gasteiger partial charge < -0.3 is 14.8 Å². The number of anilines is 2. The molecular weight excluding hydrogens is 376 g/mol. The molecule has 3 aromatic rings. The van der Waals surface area contributed by atoms with Gasteiger partial charge in [0.15, 0.2) is 0 Å². The van der Waals surface area contributed by atoms with Crippen molar-refractivity contribution >= 4 is 23.5 Å². The van der Waals surface area contributed by atoms with Crippen LogP contribution in [0.1, 0.15) is 17.5 Å². The smallest absolute Gasteiger partial charge is 0.252 e. The van der Waals surface area contributed by atoms with E-state index in [0.717, 1.165) is 16.8 Å². The van der Waals surface area contributed by atoms with Crippen molar-refractivity contribution in [2.45, 2.75) is 11.8 Å². The number of aromatic nitrogens is 2. The highest BCUT2D eigenvalue weighted by molar-refractivity contribution is 6.09. The Morgan fingerprint density at radius 1 is 1.07 bits per heavy atom. The van der Waals surface area contributed by atoms with Crippen LogP contribution in [-0.2, 0) is 10.2 Å². The van der Waals surface area contributed by atoms with E-state index >= 15 is 0 Å². The van der Waals surface area contributed by atoms with Crippen molar-refractivity contribution in [3.63, 3.8) is 0 Å². The molecule has 0 aliphatic carbocycles. The number of H-pyrrole nitrogens is 1. The van der Waals surface area contributed by atoms with Gasteiger partial charge in [-0.2, -0.15) is 0 Å². The van der Waals surface area contributed by atoms with Crippen molar-refractivity contribution in [3.05, 3.63) is 94.5 Å². The minimum Gasteiger partial charge on any atom is -0.355 e. The molecule has 0 saturated carbocycles. The summed E-state index contributed by atoms with van der Waals surface area (Å²) in [5.41, 5.74) is 2.37. The largest absolute Gasteiger partial charge is 0.355 e. The molecule has 2 aliphatic heterocycles. The van der Waals surface area contributed by atoms with Crippen LogP contribution in [0.5, 0.6) is 0 Å². The van der Waals surface area contributed by atoms with Gasteiger partial charge in [0, 0.05) is 31.4 Å². The van der Waals surface area contributed by atoms with Crippen LogP contribution in [0.15, 0.2) is 77.9 Å². The summed E-state index contributed by atoms with van der Waals surface area (Å²) in [7, 11) is 0. The van der Waals surface area contributed by atoms with E-state index in [1.807, 2.05) is 70.5 Å². The monoisotopic (exact) mass is 398 g/mol. The highest BCUT2D eigenvalue weighted by Crippen LogP contribution is 2.47. The molecule has 0 bridgehead atoms. The van der Waals surface area contributed by atoms with E-state index < -0.39 is 5.41 Å². The van der Waals surface area contributed by atoms with Gasteiger partial charge in [-0.05, 0) is 23.6 Å². The molecule has 1 spiro atoms. The van der Waals surface area contributed by atoms with E-state index in [0.29, 0.717) is 31.9 Å². The van der Waals surface area contributed by atoms with E-state index in [-0.39, 0.29) is 11.5 Å². The third-order valence-corrected chi connectivity index (χ3v) is 6.02. The maximum atomic E-state index is 13.6. The minimum atomic E-state index is -0.596. The van der Waals surface area contributed by atoms with Crippen molar-refractivity contribution in [2.24, 2.45) is 0 Å². The molecule has 6 heteroatoms. The second-order valence-corrected chi connectivity index (χ2v) is 7.77. The fraction of sp³-hybridized carbons (Fsp3) is 0.208. The number of aromatic amines is 1. The van der Waals surface area contributed by atoms with Crippen molar-refractivity contribution in [1.29, 1.82) is 0 Å². The van der Waals surface area contributed by atoms with E-state index in [4.69, 9.17) is 0 Å². The molecule has 6 nitrogen and oxygen atoms in total. The highest BCUT2D eigenvalue weighted by Gasteiger charge is 2.54. The number of benzene rings is 2. The van der Waals surface area contributed by atoms with E-state index in [1.54, 1.807) is 0 Å². The molecule has 1 saturated heterocycles. The molecule has 1 aromatic heterocycles. The Bertz CT molecular complexity index is 1170. The lowest BCUT2D eigenvalue weighted by Crippen LogP contribution is -2.42. The number of carbonyl (C=O) groups excluding carboxylic acids is 1. The Labute approximate surface area is 174 Å². The molecule has 0 radical (unpaired) electrons. The third-order valence-electron chi connectivity index (χ3n) is 6.02. The number of fused-ring (bicyclic) bond motifs is 2. The summed E-state index contributed by atoms with van der Waals surface area (Å²) >= 11 is 0. The third kappa shape index (κ3) is 3.01. The summed E-state index contributed by atoms with van der Waals surface area (Å²) in [6.45, 7) is 1.73. The van der Waals surface area contributed by atoms with Gasteiger partial charge in [-0.1, -0.05) is 60.7 Å². The lowest BCUT2D eigenvalue weighted by atomic mass is 9.81. The number of nitrogens with zero attached hydrogens (tertiary/aromatic N) is 3. The first-order valence-electron chi connectivity index (χ1n) is 10.1. The second-order valence-electron chi connectivity index (χ2n) is 7.77. The van der Waals surface area contributed by atoms with Crippen LogP contribution in [0, 0.1) is 0 Å². The van der Waals surface area contributed by atoms with Gasteiger partial charge in [0.2, 0.25) is 5.91 Å². The van der Waals surface area contributed by atoms with Gasteiger partial charge in [0.1, 0.15) is 5.82 Å². The SMILES string of the molecule is O=C1N(CC=Cc2ccccc2)c2ccccc2C12CCN(c1cc(=O)[nH]cn1)C2. The molecule has 1 unspecified atom stereocenters. The molecule has 1 N–H and O–H groups in total. The molecule has 3 heterocycles. The summed E-state index contributed by atoms with van der Waals surface area (Å²) in [6.07, 6.45) is 6.19. The lowest BCUT2D eigenvalue weighted by molar-refractivity contribution is -0.122. The van der Waals surface area contributed by atoms with Crippen molar-refractivity contribution in [1.82, 2.24) is 9.97 Å².